The SMILES string of the molecule is CC(C)C1=CN([C@H]2C[C@H](C(=O)O)C2)C(=O)N[C@@]1(C)c1cc(Cl)c(CCC(C)(C)C)cc1F. The van der Waals surface area contributed by atoms with Gasteiger partial charge in [0.25, 0.3) is 0 Å². The summed E-state index contributed by atoms with van der Waals surface area (Å²) >= 11 is 6.57. The fourth-order valence-electron chi connectivity index (χ4n) is 4.60. The molecule has 32 heavy (non-hydrogen) atoms. The van der Waals surface area contributed by atoms with E-state index in [9.17, 15) is 9.59 Å². The Labute approximate surface area is 195 Å². The Kier molecular flexibility index (Phi) is 6.67. The van der Waals surface area contributed by atoms with Crippen molar-refractivity contribution in [2.24, 2.45) is 17.3 Å². The smallest absolute Gasteiger partial charge is 0.322 e. The van der Waals surface area contributed by atoms with Crippen molar-refractivity contribution in [1.29, 1.82) is 0 Å². The van der Waals surface area contributed by atoms with Gasteiger partial charge in [0.15, 0.2) is 0 Å². The number of carbonyl (C=O) groups is 2. The van der Waals surface area contributed by atoms with Crippen molar-refractivity contribution in [3.63, 3.8) is 0 Å². The molecule has 7 heteroatoms. The minimum absolute atomic E-state index is 0.0252. The second kappa shape index (κ2) is 8.69. The van der Waals surface area contributed by atoms with Crippen LogP contribution in [0.15, 0.2) is 23.9 Å². The number of carboxylic acid groups (broad SMARTS) is 1. The molecule has 1 aliphatic heterocycles. The third kappa shape index (κ3) is 4.80. The first kappa shape index (κ1) is 24.6. The Bertz CT molecular complexity index is 947. The van der Waals surface area contributed by atoms with E-state index in [-0.39, 0.29) is 23.4 Å². The van der Waals surface area contributed by atoms with Gasteiger partial charge in [0.2, 0.25) is 0 Å². The molecule has 1 aliphatic carbocycles. The zero-order valence-corrected chi connectivity index (χ0v) is 20.5. The standard InChI is InChI=1S/C25H34ClFN2O3/c1-14(2)19-13-29(17-9-16(10-17)22(30)31)23(32)28-25(19,6)18-12-20(26)15(11-21(18)27)7-8-24(3,4)5/h11-14,16-17H,7-10H2,1-6H3,(H,28,32)(H,30,31)/t16-,17-,25-/m0/s1. The number of aryl methyl sites for hydroxylation is 1. The van der Waals surface area contributed by atoms with Crippen LogP contribution in [0.5, 0.6) is 0 Å². The highest BCUT2D eigenvalue weighted by molar-refractivity contribution is 6.31. The third-order valence-corrected chi connectivity index (χ3v) is 7.10. The molecule has 2 amide bonds. The second-order valence-electron chi connectivity index (χ2n) is 10.8. The summed E-state index contributed by atoms with van der Waals surface area (Å²) in [5.41, 5.74) is 1.02. The van der Waals surface area contributed by atoms with E-state index < -0.39 is 23.2 Å². The van der Waals surface area contributed by atoms with Gasteiger partial charge in [-0.25, -0.2) is 9.18 Å². The predicted octanol–water partition coefficient (Wildman–Crippen LogP) is 6.10. The Hall–Kier alpha value is -2.08. The van der Waals surface area contributed by atoms with E-state index in [1.807, 2.05) is 13.8 Å². The molecule has 0 spiro atoms. The topological polar surface area (TPSA) is 69.6 Å². The maximum Gasteiger partial charge on any atom is 0.322 e. The number of aliphatic carboxylic acids is 1. The van der Waals surface area contributed by atoms with E-state index in [0.29, 0.717) is 29.8 Å². The van der Waals surface area contributed by atoms with Crippen LogP contribution in [0.4, 0.5) is 9.18 Å². The van der Waals surface area contributed by atoms with E-state index >= 15 is 4.39 Å². The number of nitrogens with one attached hydrogen (secondary N) is 1. The van der Waals surface area contributed by atoms with Crippen LogP contribution in [0.3, 0.4) is 0 Å². The first-order chi connectivity index (χ1) is 14.7. The Morgan fingerprint density at radius 3 is 2.50 bits per heavy atom. The van der Waals surface area contributed by atoms with Gasteiger partial charge >= 0.3 is 12.0 Å². The lowest BCUT2D eigenvalue weighted by molar-refractivity contribution is -0.146. The molecule has 1 atom stereocenters. The number of rotatable bonds is 6. The predicted molar refractivity (Wildman–Crippen MR) is 124 cm³/mol. The van der Waals surface area contributed by atoms with Crippen molar-refractivity contribution in [3.8, 4) is 0 Å². The molecule has 1 heterocycles. The number of hydrogen-bond acceptors (Lipinski definition) is 2. The summed E-state index contributed by atoms with van der Waals surface area (Å²) < 4.78 is 15.4. The average Bonchev–Trinajstić information content (AvgIpc) is 2.61. The Morgan fingerprint density at radius 2 is 1.97 bits per heavy atom. The highest BCUT2D eigenvalue weighted by Gasteiger charge is 2.46. The number of amides is 2. The quantitative estimate of drug-likeness (QED) is 0.534. The molecule has 2 N–H and O–H groups in total. The maximum absolute atomic E-state index is 15.4. The first-order valence-corrected chi connectivity index (χ1v) is 11.6. The summed E-state index contributed by atoms with van der Waals surface area (Å²) in [6.07, 6.45) is 4.18. The van der Waals surface area contributed by atoms with Crippen LogP contribution >= 0.6 is 11.6 Å². The number of urea groups is 1. The van der Waals surface area contributed by atoms with Crippen molar-refractivity contribution in [2.45, 2.75) is 78.8 Å². The van der Waals surface area contributed by atoms with Crippen molar-refractivity contribution < 1.29 is 19.1 Å². The summed E-state index contributed by atoms with van der Waals surface area (Å²) in [6, 6.07) is 2.63. The molecule has 1 aromatic rings. The molecule has 0 radical (unpaired) electrons. The van der Waals surface area contributed by atoms with Crippen LogP contribution < -0.4 is 5.32 Å². The summed E-state index contributed by atoms with van der Waals surface area (Å²) in [7, 11) is 0. The third-order valence-electron chi connectivity index (χ3n) is 6.74. The Morgan fingerprint density at radius 1 is 1.34 bits per heavy atom. The minimum Gasteiger partial charge on any atom is -0.481 e. The molecule has 0 bridgehead atoms. The molecule has 0 unspecified atom stereocenters. The lowest BCUT2D eigenvalue weighted by Gasteiger charge is -2.47. The second-order valence-corrected chi connectivity index (χ2v) is 11.3. The van der Waals surface area contributed by atoms with Crippen LogP contribution in [0.2, 0.25) is 5.02 Å². The highest BCUT2D eigenvalue weighted by Crippen LogP contribution is 2.42. The Balaban J connectivity index is 1.94. The summed E-state index contributed by atoms with van der Waals surface area (Å²) in [5, 5.41) is 12.7. The molecule has 1 fully saturated rings. The molecule has 176 valence electrons. The van der Waals surface area contributed by atoms with E-state index in [1.165, 1.54) is 6.07 Å². The van der Waals surface area contributed by atoms with Crippen molar-refractivity contribution >= 4 is 23.6 Å². The largest absolute Gasteiger partial charge is 0.481 e. The van der Waals surface area contributed by atoms with Crippen LogP contribution in [-0.2, 0) is 16.8 Å². The normalized spacial score (nSPS) is 26.0. The van der Waals surface area contributed by atoms with Gasteiger partial charge in [-0.3, -0.25) is 9.69 Å². The maximum atomic E-state index is 15.4. The van der Waals surface area contributed by atoms with Gasteiger partial charge in [0.1, 0.15) is 5.82 Å². The zero-order valence-electron chi connectivity index (χ0n) is 19.8. The van der Waals surface area contributed by atoms with Crippen molar-refractivity contribution in [1.82, 2.24) is 10.2 Å². The number of benzene rings is 1. The van der Waals surface area contributed by atoms with Gasteiger partial charge in [-0.05, 0) is 67.2 Å². The van der Waals surface area contributed by atoms with E-state index in [4.69, 9.17) is 16.7 Å². The molecular weight excluding hydrogens is 431 g/mol. The fraction of sp³-hybridized carbons (Fsp3) is 0.600. The van der Waals surface area contributed by atoms with Gasteiger partial charge < -0.3 is 10.4 Å². The molecule has 2 aliphatic rings. The molecule has 5 nitrogen and oxygen atoms in total. The number of carboxylic acids is 1. The van der Waals surface area contributed by atoms with Crippen LogP contribution in [0.25, 0.3) is 0 Å². The van der Waals surface area contributed by atoms with Gasteiger partial charge in [-0.2, -0.15) is 0 Å². The van der Waals surface area contributed by atoms with Gasteiger partial charge in [-0.1, -0.05) is 46.2 Å². The number of carbonyl (C=O) groups excluding carboxylic acids is 1. The molecule has 1 saturated carbocycles. The fourth-order valence-corrected chi connectivity index (χ4v) is 4.86. The minimum atomic E-state index is -1.05. The van der Waals surface area contributed by atoms with Crippen molar-refractivity contribution in [2.75, 3.05) is 0 Å². The average molecular weight is 465 g/mol. The number of halogens is 2. The van der Waals surface area contributed by atoms with E-state index in [0.717, 1.165) is 17.6 Å². The van der Waals surface area contributed by atoms with E-state index in [1.54, 1.807) is 24.1 Å². The van der Waals surface area contributed by atoms with E-state index in [2.05, 4.69) is 26.1 Å². The molecule has 1 aromatic carbocycles. The first-order valence-electron chi connectivity index (χ1n) is 11.3. The van der Waals surface area contributed by atoms with Gasteiger partial charge in [0, 0.05) is 22.8 Å². The van der Waals surface area contributed by atoms with Crippen LogP contribution in [0, 0.1) is 23.1 Å². The summed E-state index contributed by atoms with van der Waals surface area (Å²) in [5.74, 6) is -1.62. The molecule has 0 aromatic heterocycles. The van der Waals surface area contributed by atoms with Crippen LogP contribution in [-0.4, -0.2) is 28.0 Å². The summed E-state index contributed by atoms with van der Waals surface area (Å²) in [4.78, 5) is 25.7. The lowest BCUT2D eigenvalue weighted by Crippen LogP contribution is -2.59. The highest BCUT2D eigenvalue weighted by atomic mass is 35.5. The van der Waals surface area contributed by atoms with Gasteiger partial charge in [0.05, 0.1) is 11.5 Å². The van der Waals surface area contributed by atoms with Crippen LogP contribution in [0.1, 0.15) is 71.9 Å². The molecular formula is C25H34ClFN2O3. The number of hydrogen-bond donors (Lipinski definition) is 2. The monoisotopic (exact) mass is 464 g/mol. The molecule has 3 rings (SSSR count). The van der Waals surface area contributed by atoms with Gasteiger partial charge in [-0.15, -0.1) is 0 Å². The number of nitrogens with zero attached hydrogens (tertiary/aromatic N) is 1. The summed E-state index contributed by atoms with van der Waals surface area (Å²) in [6.45, 7) is 12.2. The molecule has 0 saturated heterocycles. The lowest BCUT2D eigenvalue weighted by atomic mass is 9.75. The van der Waals surface area contributed by atoms with Crippen molar-refractivity contribution in [3.05, 3.63) is 45.9 Å². The zero-order chi connectivity index (χ0) is 24.0.